The standard InChI is InChI=1S/C21H18N2O3.C17H21N2.C9H6O2/c1-25-21(24)15-5-3-2-4-14(15)20-16-8-6-12(22)10-18(16)26-19-11-13(23)7-9-17(19)20;1-4-19-13-11-16(12-14-19)6-5-15-7-9-17(10-8-15)18(2)3;10-9-6-5-7-3-1-2-4-8(7)11-9/h2-11,16,20,22H,23H2,1H3;5-14H,4H2,1-3H3;1-6H/q;+1;/p+1. The average Bonchev–Trinajstić information content (AvgIpc) is 3.22. The molecule has 0 amide bonds. The first kappa shape index (κ1) is 38.7. The smallest absolute Gasteiger partial charge is 0.338 e. The van der Waals surface area contributed by atoms with Gasteiger partial charge in [-0.3, -0.25) is 5.41 Å². The first-order chi connectivity index (χ1) is 27.1. The third-order valence-corrected chi connectivity index (χ3v) is 9.48. The van der Waals surface area contributed by atoms with Crippen LogP contribution in [0.4, 0.5) is 11.4 Å². The molecule has 1 aliphatic carbocycles. The van der Waals surface area contributed by atoms with Crippen molar-refractivity contribution < 1.29 is 28.7 Å². The molecule has 2 aromatic heterocycles. The minimum absolute atomic E-state index is 0.0655. The summed E-state index contributed by atoms with van der Waals surface area (Å²) in [5, 5.41) is 6.90. The lowest BCUT2D eigenvalue weighted by Gasteiger charge is -2.35. The number of nitrogens with two attached hydrogens (primary N) is 2. The molecule has 1 aliphatic heterocycles. The van der Waals surface area contributed by atoms with Crippen molar-refractivity contribution in [3.8, 4) is 5.75 Å². The molecular formula is C47H46N4O5+2. The van der Waals surface area contributed by atoms with Gasteiger partial charge in [0.05, 0.1) is 12.7 Å². The lowest BCUT2D eigenvalue weighted by molar-refractivity contribution is -0.693. The summed E-state index contributed by atoms with van der Waals surface area (Å²) in [6.07, 6.45) is 14.2. The van der Waals surface area contributed by atoms with E-state index in [1.807, 2.05) is 66.8 Å². The zero-order valence-electron chi connectivity index (χ0n) is 32.0. The minimum Gasteiger partial charge on any atom is -0.465 e. The van der Waals surface area contributed by atoms with Crippen molar-refractivity contribution >= 4 is 46.2 Å². The first-order valence-corrected chi connectivity index (χ1v) is 18.3. The van der Waals surface area contributed by atoms with Gasteiger partial charge in [-0.25, -0.2) is 14.2 Å². The van der Waals surface area contributed by atoms with E-state index < -0.39 is 0 Å². The number of fused-ring (bicyclic) bond motifs is 3. The molecule has 0 bridgehead atoms. The Morgan fingerprint density at radius 2 is 1.57 bits per heavy atom. The van der Waals surface area contributed by atoms with Crippen LogP contribution in [0.5, 0.6) is 5.75 Å². The Morgan fingerprint density at radius 3 is 2.29 bits per heavy atom. The van der Waals surface area contributed by atoms with Crippen LogP contribution in [-0.4, -0.2) is 32.9 Å². The Morgan fingerprint density at radius 1 is 0.875 bits per heavy atom. The number of anilines is 2. The Hall–Kier alpha value is -7.00. The second-order valence-corrected chi connectivity index (χ2v) is 13.5. The lowest BCUT2D eigenvalue weighted by Crippen LogP contribution is -2.40. The number of carbonyl (C=O) groups is 1. The van der Waals surface area contributed by atoms with Gasteiger partial charge < -0.3 is 24.5 Å². The maximum atomic E-state index is 12.3. The summed E-state index contributed by atoms with van der Waals surface area (Å²) in [7, 11) is 5.49. The van der Waals surface area contributed by atoms with Crippen LogP contribution in [0.2, 0.25) is 0 Å². The van der Waals surface area contributed by atoms with Crippen molar-refractivity contribution in [3.63, 3.8) is 0 Å². The van der Waals surface area contributed by atoms with Gasteiger partial charge in [-0.2, -0.15) is 0 Å². The highest BCUT2D eigenvalue weighted by Gasteiger charge is 2.38. The van der Waals surface area contributed by atoms with Gasteiger partial charge in [0.1, 0.15) is 23.6 Å². The fraction of sp³-hybridized carbons (Fsp3) is 0.149. The molecule has 0 fully saturated rings. The Labute approximate surface area is 326 Å². The van der Waals surface area contributed by atoms with Gasteiger partial charge in [0, 0.05) is 84.7 Å². The van der Waals surface area contributed by atoms with Gasteiger partial charge in [0.15, 0.2) is 18.1 Å². The average molecular weight is 747 g/mol. The number of nitrogens with zero attached hydrogens (tertiary/aromatic N) is 2. The molecule has 4 aromatic carbocycles. The van der Waals surface area contributed by atoms with E-state index in [-0.39, 0.29) is 23.4 Å². The Balaban J connectivity index is 0.000000155. The molecule has 4 N–H and O–H groups in total. The number of para-hydroxylation sites is 1. The number of rotatable bonds is 6. The monoisotopic (exact) mass is 746 g/mol. The van der Waals surface area contributed by atoms with Crippen LogP contribution in [-0.2, 0) is 11.3 Å². The topological polar surface area (TPSA) is 124 Å². The van der Waals surface area contributed by atoms with Gasteiger partial charge >= 0.3 is 11.6 Å². The highest BCUT2D eigenvalue weighted by atomic mass is 16.5. The molecule has 0 radical (unpaired) electrons. The summed E-state index contributed by atoms with van der Waals surface area (Å²) in [6, 6.07) is 36.5. The predicted octanol–water partition coefficient (Wildman–Crippen LogP) is 6.87. The zero-order valence-corrected chi connectivity index (χ0v) is 32.0. The number of methoxy groups -OCH3 is 1. The number of pyridine rings is 1. The van der Waals surface area contributed by atoms with E-state index in [0.717, 1.165) is 28.8 Å². The van der Waals surface area contributed by atoms with Gasteiger partial charge in [-0.05, 0) is 60.0 Å². The molecule has 9 nitrogen and oxygen atoms in total. The summed E-state index contributed by atoms with van der Waals surface area (Å²) in [5.74, 6) is 0.892. The molecule has 0 saturated heterocycles. The third-order valence-electron chi connectivity index (χ3n) is 9.48. The van der Waals surface area contributed by atoms with Crippen molar-refractivity contribution in [2.75, 3.05) is 31.8 Å². The first-order valence-electron chi connectivity index (χ1n) is 18.3. The maximum absolute atomic E-state index is 12.3. The number of hydrogen-bond acceptors (Lipinski definition) is 7. The molecule has 9 heteroatoms. The van der Waals surface area contributed by atoms with E-state index in [1.165, 1.54) is 30.0 Å². The van der Waals surface area contributed by atoms with E-state index in [1.54, 1.807) is 24.3 Å². The SMILES string of the molecule is CC[n+]1ccc(/C=C/c2ccc(N(C)C)cc2)cc1.COC(=O)c1ccccc1C1c2ccc(N)cc2OC2=CC(=[NH2+])C=CC21.O=c1ccc2ccccc2o1. The van der Waals surface area contributed by atoms with Gasteiger partial charge in [0.2, 0.25) is 0 Å². The second kappa shape index (κ2) is 17.9. The van der Waals surface area contributed by atoms with Gasteiger partial charge in [0.25, 0.3) is 0 Å². The quantitative estimate of drug-likeness (QED) is 0.0825. The van der Waals surface area contributed by atoms with Crippen molar-refractivity contribution in [2.24, 2.45) is 5.92 Å². The summed E-state index contributed by atoms with van der Waals surface area (Å²) in [4.78, 5) is 25.1. The van der Waals surface area contributed by atoms with Gasteiger partial charge in [-0.15, -0.1) is 0 Å². The van der Waals surface area contributed by atoms with Crippen LogP contribution in [0.1, 0.15) is 45.5 Å². The fourth-order valence-corrected chi connectivity index (χ4v) is 6.51. The summed E-state index contributed by atoms with van der Waals surface area (Å²) in [6.45, 7) is 3.15. The number of carbonyl (C=O) groups excluding carboxylic acids is 1. The molecule has 2 aliphatic rings. The van der Waals surface area contributed by atoms with Crippen LogP contribution in [0.25, 0.3) is 23.1 Å². The Bertz CT molecular complexity index is 2480. The van der Waals surface area contributed by atoms with Crippen LogP contribution >= 0.6 is 0 Å². The molecular weight excluding hydrogens is 701 g/mol. The highest BCUT2D eigenvalue weighted by molar-refractivity contribution is 6.01. The Kier molecular flexibility index (Phi) is 12.4. The van der Waals surface area contributed by atoms with E-state index in [4.69, 9.17) is 25.0 Å². The number of nitrogen functional groups attached to an aromatic ring is 1. The minimum atomic E-state index is -0.361. The summed E-state index contributed by atoms with van der Waals surface area (Å²) < 4.78 is 18.1. The normalized spacial score (nSPS) is 15.2. The predicted molar refractivity (Wildman–Crippen MR) is 223 cm³/mol. The van der Waals surface area contributed by atoms with Crippen LogP contribution in [0.15, 0.2) is 161 Å². The maximum Gasteiger partial charge on any atom is 0.338 e. The van der Waals surface area contributed by atoms with Crippen LogP contribution in [0, 0.1) is 5.92 Å². The molecule has 6 aromatic rings. The third kappa shape index (κ3) is 9.37. The van der Waals surface area contributed by atoms with Crippen LogP contribution in [0.3, 0.4) is 0 Å². The second-order valence-electron chi connectivity index (χ2n) is 13.5. The van der Waals surface area contributed by atoms with Crippen molar-refractivity contribution in [1.82, 2.24) is 0 Å². The van der Waals surface area contributed by atoms with E-state index in [2.05, 4.69) is 91.4 Å². The van der Waals surface area contributed by atoms with Crippen molar-refractivity contribution in [3.05, 3.63) is 190 Å². The summed E-state index contributed by atoms with van der Waals surface area (Å²) in [5.41, 5.74) is 13.6. The number of hydrogen-bond donors (Lipinski definition) is 2. The molecule has 56 heavy (non-hydrogen) atoms. The molecule has 3 heterocycles. The van der Waals surface area contributed by atoms with Crippen molar-refractivity contribution in [1.29, 1.82) is 0 Å². The van der Waals surface area contributed by atoms with E-state index in [0.29, 0.717) is 28.3 Å². The summed E-state index contributed by atoms with van der Waals surface area (Å²) >= 11 is 0. The number of aryl methyl sites for hydroxylation is 1. The van der Waals surface area contributed by atoms with Gasteiger partial charge in [-0.1, -0.05) is 72.8 Å². The number of allylic oxidation sites excluding steroid dienone is 3. The molecule has 0 saturated carbocycles. The lowest BCUT2D eigenvalue weighted by atomic mass is 9.74. The molecule has 8 rings (SSSR count). The molecule has 2 unspecified atom stereocenters. The van der Waals surface area contributed by atoms with Crippen LogP contribution < -0.4 is 31.0 Å². The zero-order chi connectivity index (χ0) is 39.6. The van der Waals surface area contributed by atoms with E-state index in [9.17, 15) is 9.59 Å². The molecule has 0 spiro atoms. The number of aromatic nitrogens is 1. The van der Waals surface area contributed by atoms with Crippen molar-refractivity contribution in [2.45, 2.75) is 19.4 Å². The highest BCUT2D eigenvalue weighted by Crippen LogP contribution is 2.48. The molecule has 2 atom stereocenters. The number of esters is 1. The molecule has 282 valence electrons. The number of ether oxygens (including phenoxy) is 2. The largest absolute Gasteiger partial charge is 0.465 e. The fourth-order valence-electron chi connectivity index (χ4n) is 6.51. The van der Waals surface area contributed by atoms with E-state index >= 15 is 0 Å². The number of benzene rings is 4.